The van der Waals surface area contributed by atoms with E-state index in [0.29, 0.717) is 15.2 Å². The van der Waals surface area contributed by atoms with E-state index < -0.39 is 0 Å². The van der Waals surface area contributed by atoms with Crippen LogP contribution in [0.15, 0.2) is 0 Å². The molecule has 0 aromatic rings. The third-order valence-corrected chi connectivity index (χ3v) is 1.50. The number of hydrogen-bond donors (Lipinski definition) is 0. The van der Waals surface area contributed by atoms with Gasteiger partial charge in [0.2, 0.25) is 15.2 Å². The highest BCUT2D eigenvalue weighted by Crippen LogP contribution is 1.64. The molecule has 0 aromatic carbocycles. The minimum Gasteiger partial charge on any atom is -0.109 e. The van der Waals surface area contributed by atoms with Gasteiger partial charge in [-0.05, 0) is 0 Å². The first-order valence-electron chi connectivity index (χ1n) is 1.91. The second kappa shape index (κ2) is 3.53. The van der Waals surface area contributed by atoms with Gasteiger partial charge in [-0.25, -0.2) is 0 Å². The highest BCUT2D eigenvalue weighted by atomic mass is 27.1. The lowest BCUT2D eigenvalue weighted by Crippen LogP contribution is -1.67. The second-order valence-electron chi connectivity index (χ2n) is 1.000. The summed E-state index contributed by atoms with van der Waals surface area (Å²) in [5, 5.41) is 1.46. The van der Waals surface area contributed by atoms with Gasteiger partial charge in [0.25, 0.3) is 0 Å². The van der Waals surface area contributed by atoms with Crippen LogP contribution in [0.2, 0.25) is 11.1 Å². The Hall–Kier alpha value is 0.532. The van der Waals surface area contributed by atoms with Crippen LogP contribution in [0, 0.1) is 0 Å². The molecule has 0 aromatic heterocycles. The van der Waals surface area contributed by atoms with Crippen LogP contribution in [0.1, 0.15) is 6.92 Å². The molecule has 0 aliphatic carbocycles. The van der Waals surface area contributed by atoms with Crippen LogP contribution in [-0.4, -0.2) is 15.2 Å². The summed E-state index contributed by atoms with van der Waals surface area (Å²) in [6.45, 7) is 2.24. The molecular formula is C3H9Al. The summed E-state index contributed by atoms with van der Waals surface area (Å²) in [7, 11) is 0. The third kappa shape index (κ3) is 2.53. The smallest absolute Gasteiger partial charge is 0.109 e. The van der Waals surface area contributed by atoms with Gasteiger partial charge in [0, 0.05) is 0 Å². The fourth-order valence-electron chi connectivity index (χ4n) is 0. The monoisotopic (exact) mass is 72.1 g/mol. The summed E-state index contributed by atoms with van der Waals surface area (Å²) in [6, 6.07) is 0. The lowest BCUT2D eigenvalue weighted by Gasteiger charge is -1.61. The minimum absolute atomic E-state index is 0.424. The van der Waals surface area contributed by atoms with Crippen molar-refractivity contribution in [1.82, 2.24) is 0 Å². The van der Waals surface area contributed by atoms with Crippen LogP contribution in [0.25, 0.3) is 0 Å². The average molecular weight is 72.1 g/mol. The van der Waals surface area contributed by atoms with E-state index in [4.69, 9.17) is 0 Å². The molecule has 0 atom stereocenters. The Kier molecular flexibility index (Phi) is 4.00. The molecule has 0 aliphatic rings. The van der Waals surface area contributed by atoms with Gasteiger partial charge in [0.05, 0.1) is 0 Å². The molecule has 1 heteroatoms. The summed E-state index contributed by atoms with van der Waals surface area (Å²) in [4.78, 5) is 0. The van der Waals surface area contributed by atoms with Crippen molar-refractivity contribution < 1.29 is 0 Å². The predicted molar refractivity (Wildman–Crippen MR) is 23.5 cm³/mol. The molecule has 0 saturated carbocycles. The van der Waals surface area contributed by atoms with Crippen molar-refractivity contribution in [2.45, 2.75) is 18.0 Å². The molecule has 24 valence electrons. The fourth-order valence-corrected chi connectivity index (χ4v) is 0. The molecule has 0 aliphatic heterocycles. The van der Waals surface area contributed by atoms with Gasteiger partial charge in [0.1, 0.15) is 0 Å². The first kappa shape index (κ1) is 4.53. The zero-order valence-electron chi connectivity index (χ0n) is 3.41. The Morgan fingerprint density at radius 1 is 1.75 bits per heavy atom. The van der Waals surface area contributed by atoms with Gasteiger partial charge < -0.3 is 0 Å². The quantitative estimate of drug-likeness (QED) is 0.404. The van der Waals surface area contributed by atoms with Gasteiger partial charge in [-0.1, -0.05) is 6.92 Å². The molecule has 0 rings (SSSR count). The fraction of sp³-hybridized carbons (Fsp3) is 1.00. The van der Waals surface area contributed by atoms with Crippen molar-refractivity contribution in [2.24, 2.45) is 0 Å². The normalized spacial score (nSPS) is 6.50. The largest absolute Gasteiger partial charge is 0.232 e. The van der Waals surface area contributed by atoms with Crippen LogP contribution in [0.5, 0.6) is 0 Å². The highest BCUT2D eigenvalue weighted by Gasteiger charge is 1.65. The topological polar surface area (TPSA) is 0 Å². The maximum atomic E-state index is 2.32. The molecule has 0 amide bonds. The summed E-state index contributed by atoms with van der Waals surface area (Å²) < 4.78 is 0. The van der Waals surface area contributed by atoms with E-state index in [-0.39, 0.29) is 0 Å². The predicted octanol–water partition coefficient (Wildman–Crippen LogP) is 0.909. The molecule has 0 spiro atoms. The summed E-state index contributed by atoms with van der Waals surface area (Å²) in [5.74, 6) is 2.32. The van der Waals surface area contributed by atoms with Crippen molar-refractivity contribution in [3.63, 3.8) is 0 Å². The first-order chi connectivity index (χ1) is 1.91. The van der Waals surface area contributed by atoms with E-state index in [1.807, 2.05) is 0 Å². The molecule has 4 heavy (non-hydrogen) atoms. The van der Waals surface area contributed by atoms with Gasteiger partial charge in [-0.3, -0.25) is 0 Å². The van der Waals surface area contributed by atoms with Crippen molar-refractivity contribution in [3.05, 3.63) is 0 Å². The van der Waals surface area contributed by atoms with Crippen molar-refractivity contribution in [3.8, 4) is 0 Å². The van der Waals surface area contributed by atoms with Gasteiger partial charge in [-0.2, -0.15) is 0 Å². The van der Waals surface area contributed by atoms with Crippen molar-refractivity contribution >= 4 is 15.2 Å². The van der Waals surface area contributed by atoms with Crippen LogP contribution in [-0.2, 0) is 0 Å². The molecule has 0 nitrogen and oxygen atoms in total. The number of rotatable bonds is 1. The molecule has 0 N–H and O–H groups in total. The zero-order chi connectivity index (χ0) is 3.41. The van der Waals surface area contributed by atoms with Crippen LogP contribution < -0.4 is 0 Å². The lowest BCUT2D eigenvalue weighted by molar-refractivity contribution is 1.45. The first-order valence-corrected chi connectivity index (χ1v) is 4.33. The van der Waals surface area contributed by atoms with Crippen molar-refractivity contribution in [1.29, 1.82) is 0 Å². The van der Waals surface area contributed by atoms with Crippen LogP contribution in [0.3, 0.4) is 0 Å². The van der Waals surface area contributed by atoms with Gasteiger partial charge in [0.15, 0.2) is 0 Å². The summed E-state index contributed by atoms with van der Waals surface area (Å²) >= 11 is 0.424. The standard InChI is InChI=1S/C2H5.CH3.Al.H/c1-2;;;/h1H2,2H3;1H3;;. The SMILES string of the molecule is C[CH2][AlH][CH3]. The third-order valence-electron chi connectivity index (χ3n) is 0.500. The van der Waals surface area contributed by atoms with E-state index in [1.54, 1.807) is 0 Å². The van der Waals surface area contributed by atoms with E-state index in [0.717, 1.165) is 0 Å². The van der Waals surface area contributed by atoms with E-state index in [9.17, 15) is 0 Å². The summed E-state index contributed by atoms with van der Waals surface area (Å²) in [6.07, 6.45) is 0. The molecule has 0 unspecified atom stereocenters. The lowest BCUT2D eigenvalue weighted by atomic mass is 11.0. The van der Waals surface area contributed by atoms with Gasteiger partial charge >= 0.3 is 0 Å². The Bertz CT molecular complexity index is 5.25. The molecule has 0 saturated heterocycles. The van der Waals surface area contributed by atoms with Gasteiger partial charge in [-0.15, -0.1) is 11.1 Å². The molecular weight excluding hydrogens is 63.0 g/mol. The van der Waals surface area contributed by atoms with E-state index in [2.05, 4.69) is 12.7 Å². The zero-order valence-corrected chi connectivity index (χ0v) is 4.83. The molecule has 0 heterocycles. The molecule has 0 radical (unpaired) electrons. The minimum atomic E-state index is 0.424. The summed E-state index contributed by atoms with van der Waals surface area (Å²) in [5.41, 5.74) is 0. The second-order valence-corrected chi connectivity index (χ2v) is 3.00. The Morgan fingerprint density at radius 2 is 2.00 bits per heavy atom. The molecule has 0 fully saturated rings. The Labute approximate surface area is 33.9 Å². The van der Waals surface area contributed by atoms with Crippen molar-refractivity contribution in [2.75, 3.05) is 0 Å². The number of hydrogen-bond acceptors (Lipinski definition) is 0. The van der Waals surface area contributed by atoms with Crippen LogP contribution >= 0.6 is 0 Å². The Morgan fingerprint density at radius 3 is 2.00 bits per heavy atom. The average Bonchev–Trinajstić information content (AvgIpc) is 1.37. The highest BCUT2D eigenvalue weighted by molar-refractivity contribution is 6.33. The van der Waals surface area contributed by atoms with E-state index >= 15 is 0 Å². The van der Waals surface area contributed by atoms with Crippen LogP contribution in [0.4, 0.5) is 0 Å². The Balaban J connectivity index is 1.97. The maximum absolute atomic E-state index is 2.32. The van der Waals surface area contributed by atoms with E-state index in [1.165, 1.54) is 5.28 Å². The molecule has 0 bridgehead atoms. The maximum Gasteiger partial charge on any atom is 0.232 e.